The van der Waals surface area contributed by atoms with E-state index < -0.39 is 16.0 Å². The van der Waals surface area contributed by atoms with E-state index in [1.54, 1.807) is 19.1 Å². The van der Waals surface area contributed by atoms with Crippen molar-refractivity contribution in [3.05, 3.63) is 53.3 Å². The highest BCUT2D eigenvalue weighted by Crippen LogP contribution is 2.20. The van der Waals surface area contributed by atoms with Gasteiger partial charge in [0.2, 0.25) is 0 Å². The van der Waals surface area contributed by atoms with Crippen molar-refractivity contribution in [2.24, 2.45) is 0 Å². The number of hydrogen-bond donors (Lipinski definition) is 2. The van der Waals surface area contributed by atoms with Gasteiger partial charge in [-0.1, -0.05) is 17.7 Å². The van der Waals surface area contributed by atoms with Gasteiger partial charge < -0.3 is 5.11 Å². The second-order valence-electron chi connectivity index (χ2n) is 4.61. The van der Waals surface area contributed by atoms with Gasteiger partial charge in [0.25, 0.3) is 10.0 Å². The Bertz CT molecular complexity index is 783. The molecule has 1 aromatic heterocycles. The Kier molecular flexibility index (Phi) is 3.95. The highest BCUT2D eigenvalue weighted by atomic mass is 32.2. The van der Waals surface area contributed by atoms with Crippen molar-refractivity contribution in [3.63, 3.8) is 0 Å². The summed E-state index contributed by atoms with van der Waals surface area (Å²) in [6.07, 6.45) is 1.17. The molecule has 7 heteroatoms. The van der Waals surface area contributed by atoms with Gasteiger partial charge in [-0.2, -0.15) is 0 Å². The maximum atomic E-state index is 12.3. The van der Waals surface area contributed by atoms with E-state index in [1.807, 2.05) is 6.92 Å². The SMILES string of the molecule is Cc1ccc(S(=O)(=O)Nc2ccc(C(=O)O)nc2)c(C)c1. The Morgan fingerprint density at radius 2 is 1.90 bits per heavy atom. The number of nitrogens with zero attached hydrogens (tertiary/aromatic N) is 1. The molecule has 0 aliphatic carbocycles. The minimum atomic E-state index is -3.73. The third-order valence-electron chi connectivity index (χ3n) is 2.85. The molecule has 0 saturated carbocycles. The number of hydrogen-bond acceptors (Lipinski definition) is 4. The van der Waals surface area contributed by atoms with Crippen LogP contribution in [0.1, 0.15) is 21.6 Å². The summed E-state index contributed by atoms with van der Waals surface area (Å²) in [5, 5.41) is 8.75. The maximum Gasteiger partial charge on any atom is 0.354 e. The van der Waals surface area contributed by atoms with Crippen molar-refractivity contribution in [3.8, 4) is 0 Å². The molecule has 6 nitrogen and oxygen atoms in total. The van der Waals surface area contributed by atoms with Crippen molar-refractivity contribution in [2.75, 3.05) is 4.72 Å². The smallest absolute Gasteiger partial charge is 0.354 e. The molecule has 0 saturated heterocycles. The summed E-state index contributed by atoms with van der Waals surface area (Å²) in [7, 11) is -3.73. The summed E-state index contributed by atoms with van der Waals surface area (Å²) in [5.41, 5.74) is 1.67. The molecule has 0 radical (unpaired) electrons. The number of pyridine rings is 1. The molecular formula is C14H14N2O4S. The number of aromatic nitrogens is 1. The monoisotopic (exact) mass is 306 g/mol. The van der Waals surface area contributed by atoms with Gasteiger partial charge in [-0.15, -0.1) is 0 Å². The van der Waals surface area contributed by atoms with E-state index >= 15 is 0 Å². The van der Waals surface area contributed by atoms with E-state index in [-0.39, 0.29) is 16.3 Å². The number of rotatable bonds is 4. The van der Waals surface area contributed by atoms with Gasteiger partial charge in [0.1, 0.15) is 5.69 Å². The van der Waals surface area contributed by atoms with Crippen LogP contribution in [0.15, 0.2) is 41.4 Å². The second-order valence-corrected chi connectivity index (χ2v) is 6.26. The van der Waals surface area contributed by atoms with Crippen LogP contribution in [0.25, 0.3) is 0 Å². The van der Waals surface area contributed by atoms with Gasteiger partial charge in [0.05, 0.1) is 16.8 Å². The molecule has 110 valence electrons. The van der Waals surface area contributed by atoms with Gasteiger partial charge in [0, 0.05) is 0 Å². The molecule has 1 heterocycles. The van der Waals surface area contributed by atoms with E-state index in [4.69, 9.17) is 5.11 Å². The third-order valence-corrected chi connectivity index (χ3v) is 4.40. The summed E-state index contributed by atoms with van der Waals surface area (Å²) in [4.78, 5) is 14.5. The van der Waals surface area contributed by atoms with E-state index in [1.165, 1.54) is 24.4 Å². The summed E-state index contributed by atoms with van der Waals surface area (Å²) < 4.78 is 27.0. The zero-order valence-electron chi connectivity index (χ0n) is 11.5. The lowest BCUT2D eigenvalue weighted by Gasteiger charge is -2.10. The number of aromatic carboxylic acids is 1. The van der Waals surface area contributed by atoms with E-state index in [0.717, 1.165) is 5.56 Å². The molecule has 2 rings (SSSR count). The summed E-state index contributed by atoms with van der Waals surface area (Å²) in [5.74, 6) is -1.17. The van der Waals surface area contributed by atoms with Crippen LogP contribution < -0.4 is 4.72 Å². The number of aryl methyl sites for hydroxylation is 2. The number of carboxylic acid groups (broad SMARTS) is 1. The Morgan fingerprint density at radius 3 is 2.43 bits per heavy atom. The van der Waals surface area contributed by atoms with E-state index in [9.17, 15) is 13.2 Å². The topological polar surface area (TPSA) is 96.4 Å². The highest BCUT2D eigenvalue weighted by Gasteiger charge is 2.17. The van der Waals surface area contributed by atoms with Crippen LogP contribution in [0, 0.1) is 13.8 Å². The summed E-state index contributed by atoms with van der Waals surface area (Å²) in [6, 6.07) is 7.62. The number of carboxylic acids is 1. The number of anilines is 1. The fraction of sp³-hybridized carbons (Fsp3) is 0.143. The molecule has 2 N–H and O–H groups in total. The largest absolute Gasteiger partial charge is 0.477 e. The van der Waals surface area contributed by atoms with Gasteiger partial charge >= 0.3 is 5.97 Å². The van der Waals surface area contributed by atoms with E-state index in [2.05, 4.69) is 9.71 Å². The summed E-state index contributed by atoms with van der Waals surface area (Å²) in [6.45, 7) is 3.60. The number of nitrogens with one attached hydrogen (secondary N) is 1. The average Bonchev–Trinajstić information content (AvgIpc) is 2.38. The Labute approximate surface area is 122 Å². The molecule has 0 aliphatic rings. The minimum absolute atomic E-state index is 0.149. The van der Waals surface area contributed by atoms with Crippen LogP contribution in [0.5, 0.6) is 0 Å². The minimum Gasteiger partial charge on any atom is -0.477 e. The van der Waals surface area contributed by atoms with Crippen molar-refractivity contribution in [1.29, 1.82) is 0 Å². The molecule has 21 heavy (non-hydrogen) atoms. The lowest BCUT2D eigenvalue weighted by molar-refractivity contribution is 0.0690. The molecular weight excluding hydrogens is 292 g/mol. The van der Waals surface area contributed by atoms with Gasteiger partial charge in [-0.25, -0.2) is 18.2 Å². The van der Waals surface area contributed by atoms with Gasteiger partial charge in [0.15, 0.2) is 0 Å². The molecule has 0 amide bonds. The van der Waals surface area contributed by atoms with Crippen LogP contribution in [0.2, 0.25) is 0 Å². The van der Waals surface area contributed by atoms with Crippen LogP contribution in [-0.4, -0.2) is 24.5 Å². The second kappa shape index (κ2) is 5.53. The van der Waals surface area contributed by atoms with E-state index in [0.29, 0.717) is 5.56 Å². The fourth-order valence-electron chi connectivity index (χ4n) is 1.89. The molecule has 2 aromatic rings. The zero-order chi connectivity index (χ0) is 15.6. The zero-order valence-corrected chi connectivity index (χ0v) is 12.3. The Balaban J connectivity index is 2.30. The summed E-state index contributed by atoms with van der Waals surface area (Å²) >= 11 is 0. The van der Waals surface area contributed by atoms with Gasteiger partial charge in [-0.3, -0.25) is 4.72 Å². The van der Waals surface area contributed by atoms with Crippen molar-refractivity contribution in [2.45, 2.75) is 18.7 Å². The predicted octanol–water partition coefficient (Wildman–Crippen LogP) is 2.20. The molecule has 0 atom stereocenters. The van der Waals surface area contributed by atoms with Crippen LogP contribution in [0.4, 0.5) is 5.69 Å². The normalized spacial score (nSPS) is 11.1. The first kappa shape index (κ1) is 15.0. The molecule has 0 spiro atoms. The maximum absolute atomic E-state index is 12.3. The molecule has 0 aliphatic heterocycles. The fourth-order valence-corrected chi connectivity index (χ4v) is 3.16. The number of benzene rings is 1. The van der Waals surface area contributed by atoms with Crippen LogP contribution >= 0.6 is 0 Å². The third kappa shape index (κ3) is 3.38. The lowest BCUT2D eigenvalue weighted by atomic mass is 10.2. The highest BCUT2D eigenvalue weighted by molar-refractivity contribution is 7.92. The van der Waals surface area contributed by atoms with Crippen LogP contribution in [0.3, 0.4) is 0 Å². The predicted molar refractivity (Wildman–Crippen MR) is 77.9 cm³/mol. The molecule has 0 fully saturated rings. The lowest BCUT2D eigenvalue weighted by Crippen LogP contribution is -2.14. The van der Waals surface area contributed by atoms with Crippen molar-refractivity contribution in [1.82, 2.24) is 4.98 Å². The standard InChI is InChI=1S/C14H14N2O4S/c1-9-3-6-13(10(2)7-9)21(19,20)16-11-4-5-12(14(17)18)15-8-11/h3-8,16H,1-2H3,(H,17,18). The first-order chi connectivity index (χ1) is 9.79. The van der Waals surface area contributed by atoms with Crippen molar-refractivity contribution >= 4 is 21.7 Å². The molecule has 1 aromatic carbocycles. The first-order valence-corrected chi connectivity index (χ1v) is 7.57. The quantitative estimate of drug-likeness (QED) is 0.902. The van der Waals surface area contributed by atoms with Gasteiger partial charge in [-0.05, 0) is 37.6 Å². The first-order valence-electron chi connectivity index (χ1n) is 6.09. The number of sulfonamides is 1. The Morgan fingerprint density at radius 1 is 1.19 bits per heavy atom. The van der Waals surface area contributed by atoms with Crippen LogP contribution in [-0.2, 0) is 10.0 Å². The molecule has 0 bridgehead atoms. The Hall–Kier alpha value is -2.41. The number of carbonyl (C=O) groups is 1. The molecule has 0 unspecified atom stereocenters. The average molecular weight is 306 g/mol. The van der Waals surface area contributed by atoms with Crippen molar-refractivity contribution < 1.29 is 18.3 Å².